The molecule has 3 heterocycles. The van der Waals surface area contributed by atoms with Gasteiger partial charge >= 0.3 is 0 Å². The molecule has 0 aromatic rings. The number of likely N-dealkylation sites (tertiary alicyclic amines) is 2. The molecular weight excluding hydrogens is 330 g/mol. The topological polar surface area (TPSA) is 61.9 Å². The van der Waals surface area contributed by atoms with Crippen LogP contribution in [0.3, 0.4) is 0 Å². The fourth-order valence-electron chi connectivity index (χ4n) is 5.04. The van der Waals surface area contributed by atoms with Gasteiger partial charge < -0.3 is 15.0 Å². The Morgan fingerprint density at radius 2 is 1.92 bits per heavy atom. The van der Waals surface area contributed by atoms with Gasteiger partial charge in [0, 0.05) is 44.1 Å². The monoisotopic (exact) mass is 365 g/mol. The first kappa shape index (κ1) is 19.6. The Labute approximate surface area is 157 Å². The highest BCUT2D eigenvalue weighted by Crippen LogP contribution is 2.41. The molecule has 3 fully saturated rings. The van der Waals surface area contributed by atoms with Gasteiger partial charge in [0.05, 0.1) is 19.1 Å². The van der Waals surface area contributed by atoms with Gasteiger partial charge in [0.25, 0.3) is 0 Å². The van der Waals surface area contributed by atoms with Crippen LogP contribution in [0.15, 0.2) is 0 Å². The number of rotatable bonds is 7. The molecule has 6 nitrogen and oxygen atoms in total. The van der Waals surface area contributed by atoms with Crippen LogP contribution in [0.5, 0.6) is 0 Å². The minimum absolute atomic E-state index is 0.0354. The summed E-state index contributed by atoms with van der Waals surface area (Å²) >= 11 is 0. The first-order valence-corrected chi connectivity index (χ1v) is 10.4. The summed E-state index contributed by atoms with van der Waals surface area (Å²) in [6.45, 7) is 10.7. The van der Waals surface area contributed by atoms with Crippen molar-refractivity contribution in [2.75, 3.05) is 32.8 Å². The molecule has 6 heteroatoms. The molecule has 26 heavy (non-hydrogen) atoms. The fraction of sp³-hybridized carbons (Fsp3) is 0.900. The van der Waals surface area contributed by atoms with Crippen molar-refractivity contribution in [3.8, 4) is 0 Å². The zero-order valence-corrected chi connectivity index (χ0v) is 16.6. The number of fused-ring (bicyclic) bond motifs is 1. The summed E-state index contributed by atoms with van der Waals surface area (Å²) in [5, 5.41) is 3.02. The highest BCUT2D eigenvalue weighted by atomic mass is 16.5. The Kier molecular flexibility index (Phi) is 6.56. The second-order valence-corrected chi connectivity index (χ2v) is 8.49. The van der Waals surface area contributed by atoms with Crippen LogP contribution >= 0.6 is 0 Å². The maximum absolute atomic E-state index is 12.6. The van der Waals surface area contributed by atoms with Crippen molar-refractivity contribution < 1.29 is 14.3 Å². The lowest BCUT2D eigenvalue weighted by molar-refractivity contribution is -0.133. The fourth-order valence-corrected chi connectivity index (χ4v) is 5.04. The van der Waals surface area contributed by atoms with Crippen LogP contribution in [0.1, 0.15) is 52.9 Å². The number of ether oxygens (including phenoxy) is 1. The van der Waals surface area contributed by atoms with Crippen molar-refractivity contribution in [2.24, 2.45) is 11.8 Å². The van der Waals surface area contributed by atoms with Crippen molar-refractivity contribution in [1.29, 1.82) is 0 Å². The summed E-state index contributed by atoms with van der Waals surface area (Å²) in [6, 6.07) is 0.530. The molecule has 2 amide bonds. The van der Waals surface area contributed by atoms with Gasteiger partial charge in [-0.1, -0.05) is 6.92 Å². The second kappa shape index (κ2) is 8.70. The van der Waals surface area contributed by atoms with Crippen molar-refractivity contribution >= 4 is 11.8 Å². The number of nitrogens with zero attached hydrogens (tertiary/aromatic N) is 2. The first-order chi connectivity index (χ1) is 12.5. The Balaban J connectivity index is 1.65. The Morgan fingerprint density at radius 1 is 1.19 bits per heavy atom. The van der Waals surface area contributed by atoms with E-state index in [2.05, 4.69) is 17.1 Å². The first-order valence-electron chi connectivity index (χ1n) is 10.4. The third-order valence-electron chi connectivity index (χ3n) is 6.08. The highest BCUT2D eigenvalue weighted by molar-refractivity contribution is 5.77. The predicted molar refractivity (Wildman–Crippen MR) is 101 cm³/mol. The summed E-state index contributed by atoms with van der Waals surface area (Å²) in [5.41, 5.74) is 0. The van der Waals surface area contributed by atoms with Crippen LogP contribution in [0.4, 0.5) is 0 Å². The molecule has 0 aromatic carbocycles. The van der Waals surface area contributed by atoms with Crippen molar-refractivity contribution in [2.45, 2.75) is 71.1 Å². The smallest absolute Gasteiger partial charge is 0.225 e. The minimum atomic E-state index is -0.0354. The van der Waals surface area contributed by atoms with Crippen LogP contribution < -0.4 is 5.32 Å². The SMILES string of the molecule is CCCN1C[C@@H](CC(=O)NC(C)C)[C@H]2[C@H](CC(=O)N3CCCC3)OC[C@H]21. The van der Waals surface area contributed by atoms with E-state index in [0.717, 1.165) is 45.4 Å². The summed E-state index contributed by atoms with van der Waals surface area (Å²) in [4.78, 5) is 29.4. The van der Waals surface area contributed by atoms with E-state index in [1.807, 2.05) is 18.7 Å². The zero-order valence-electron chi connectivity index (χ0n) is 16.6. The largest absolute Gasteiger partial charge is 0.376 e. The molecule has 1 N–H and O–H groups in total. The lowest BCUT2D eigenvalue weighted by Crippen LogP contribution is -2.37. The third-order valence-corrected chi connectivity index (χ3v) is 6.08. The van der Waals surface area contributed by atoms with E-state index in [0.29, 0.717) is 31.4 Å². The van der Waals surface area contributed by atoms with Gasteiger partial charge in [-0.3, -0.25) is 14.5 Å². The number of hydrogen-bond donors (Lipinski definition) is 1. The molecule has 0 bridgehead atoms. The Bertz CT molecular complexity index is 505. The van der Waals surface area contributed by atoms with Gasteiger partial charge in [-0.25, -0.2) is 0 Å². The minimum Gasteiger partial charge on any atom is -0.376 e. The van der Waals surface area contributed by atoms with E-state index in [9.17, 15) is 9.59 Å². The predicted octanol–water partition coefficient (Wildman–Crippen LogP) is 1.64. The van der Waals surface area contributed by atoms with Gasteiger partial charge in [0.2, 0.25) is 11.8 Å². The highest BCUT2D eigenvalue weighted by Gasteiger charge is 2.51. The normalized spacial score (nSPS) is 31.6. The van der Waals surface area contributed by atoms with E-state index < -0.39 is 0 Å². The molecule has 3 aliphatic rings. The Morgan fingerprint density at radius 3 is 2.58 bits per heavy atom. The molecule has 3 aliphatic heterocycles. The van der Waals surface area contributed by atoms with Crippen LogP contribution in [0, 0.1) is 11.8 Å². The summed E-state index contributed by atoms with van der Waals surface area (Å²) in [5.74, 6) is 0.932. The van der Waals surface area contributed by atoms with Crippen LogP contribution in [-0.2, 0) is 14.3 Å². The van der Waals surface area contributed by atoms with E-state index in [4.69, 9.17) is 4.74 Å². The van der Waals surface area contributed by atoms with Crippen LogP contribution in [0.25, 0.3) is 0 Å². The average Bonchev–Trinajstić information content (AvgIpc) is 3.27. The van der Waals surface area contributed by atoms with Crippen LogP contribution in [-0.4, -0.2) is 72.6 Å². The molecule has 3 rings (SSSR count). The van der Waals surface area contributed by atoms with E-state index >= 15 is 0 Å². The number of nitrogens with one attached hydrogen (secondary N) is 1. The van der Waals surface area contributed by atoms with Gasteiger partial charge in [-0.15, -0.1) is 0 Å². The number of hydrogen-bond acceptors (Lipinski definition) is 4. The molecule has 0 saturated carbocycles. The van der Waals surface area contributed by atoms with E-state index in [1.165, 1.54) is 0 Å². The number of amides is 2. The average molecular weight is 366 g/mol. The molecule has 0 radical (unpaired) electrons. The molecule has 0 aliphatic carbocycles. The molecule has 0 aromatic heterocycles. The van der Waals surface area contributed by atoms with Gasteiger partial charge in [0.1, 0.15) is 0 Å². The second-order valence-electron chi connectivity index (χ2n) is 8.49. The molecule has 0 spiro atoms. The number of carbonyl (C=O) groups excluding carboxylic acids is 2. The van der Waals surface area contributed by atoms with E-state index in [-0.39, 0.29) is 29.9 Å². The summed E-state index contributed by atoms with van der Waals surface area (Å²) < 4.78 is 6.10. The maximum atomic E-state index is 12.6. The van der Waals surface area contributed by atoms with Gasteiger partial charge in [0.15, 0.2) is 0 Å². The molecule has 4 atom stereocenters. The van der Waals surface area contributed by atoms with Crippen LogP contribution in [0.2, 0.25) is 0 Å². The molecule has 0 unspecified atom stereocenters. The maximum Gasteiger partial charge on any atom is 0.225 e. The summed E-state index contributed by atoms with van der Waals surface area (Å²) in [6.07, 6.45) is 4.32. The zero-order chi connectivity index (χ0) is 18.7. The third kappa shape index (κ3) is 4.39. The lowest BCUT2D eigenvalue weighted by Gasteiger charge is -2.25. The molecular formula is C20H35N3O3. The van der Waals surface area contributed by atoms with Gasteiger partial charge in [-0.05, 0) is 45.6 Å². The standard InChI is InChI=1S/C20H35N3O3/c1-4-7-23-12-15(10-18(24)21-14(2)3)20-16(23)13-26-17(20)11-19(25)22-8-5-6-9-22/h14-17,20H,4-13H2,1-3H3,(H,21,24)/t15-,16-,17+,20-/m1/s1. The Hall–Kier alpha value is -1.14. The molecule has 148 valence electrons. The van der Waals surface area contributed by atoms with Gasteiger partial charge in [-0.2, -0.15) is 0 Å². The quantitative estimate of drug-likeness (QED) is 0.745. The van der Waals surface area contributed by atoms with Crippen molar-refractivity contribution in [3.63, 3.8) is 0 Å². The van der Waals surface area contributed by atoms with Crippen molar-refractivity contribution in [3.05, 3.63) is 0 Å². The summed E-state index contributed by atoms with van der Waals surface area (Å²) in [7, 11) is 0. The van der Waals surface area contributed by atoms with Crippen molar-refractivity contribution in [1.82, 2.24) is 15.1 Å². The number of carbonyl (C=O) groups is 2. The lowest BCUT2D eigenvalue weighted by atomic mass is 9.84. The van der Waals surface area contributed by atoms with E-state index in [1.54, 1.807) is 0 Å². The molecule has 3 saturated heterocycles.